The number of carbonyl (C=O) groups is 1. The van der Waals surface area contributed by atoms with Crippen molar-refractivity contribution < 1.29 is 4.79 Å². The molecule has 1 saturated carbocycles. The Balaban J connectivity index is 1.92. The van der Waals surface area contributed by atoms with Crippen LogP contribution in [0.4, 0.5) is 0 Å². The van der Waals surface area contributed by atoms with Gasteiger partial charge >= 0.3 is 0 Å². The predicted octanol–water partition coefficient (Wildman–Crippen LogP) is 3.47. The van der Waals surface area contributed by atoms with E-state index in [2.05, 4.69) is 19.3 Å². The molecule has 2 atom stereocenters. The number of hydrazine groups is 1. The van der Waals surface area contributed by atoms with Gasteiger partial charge in [0, 0.05) is 15.9 Å². The van der Waals surface area contributed by atoms with Crippen molar-refractivity contribution in [3.63, 3.8) is 0 Å². The standard InChI is InChI=1S/C14H22N2OS2/c1-9-4-3-5-12(6-9)18-8-11-7-13(14(17)16-15)19-10(11)2/h7,9,12H,3-6,8,15H2,1-2H3,(H,16,17). The third-order valence-electron chi connectivity index (χ3n) is 3.74. The smallest absolute Gasteiger partial charge is 0.275 e. The molecule has 3 nitrogen and oxygen atoms in total. The fraction of sp³-hybridized carbons (Fsp3) is 0.643. The van der Waals surface area contributed by atoms with Crippen LogP contribution >= 0.6 is 23.1 Å². The van der Waals surface area contributed by atoms with E-state index >= 15 is 0 Å². The van der Waals surface area contributed by atoms with E-state index in [1.165, 1.54) is 47.5 Å². The molecule has 0 aromatic carbocycles. The van der Waals surface area contributed by atoms with Crippen molar-refractivity contribution in [1.29, 1.82) is 0 Å². The van der Waals surface area contributed by atoms with Crippen LogP contribution in [0.15, 0.2) is 6.07 Å². The molecule has 1 aromatic heterocycles. The normalized spacial score (nSPS) is 23.3. The van der Waals surface area contributed by atoms with Crippen LogP contribution in [-0.4, -0.2) is 11.2 Å². The molecule has 2 unspecified atom stereocenters. The second kappa shape index (κ2) is 6.77. The molecule has 0 bridgehead atoms. The Morgan fingerprint density at radius 3 is 3.05 bits per heavy atom. The molecule has 1 aliphatic carbocycles. The van der Waals surface area contributed by atoms with Gasteiger partial charge in [-0.3, -0.25) is 10.2 Å². The number of amides is 1. The highest BCUT2D eigenvalue weighted by atomic mass is 32.2. The Morgan fingerprint density at radius 2 is 2.37 bits per heavy atom. The Hall–Kier alpha value is -0.520. The Labute approximate surface area is 123 Å². The second-order valence-electron chi connectivity index (χ2n) is 5.37. The molecule has 0 spiro atoms. The number of hydrogen-bond acceptors (Lipinski definition) is 4. The average molecular weight is 298 g/mol. The fourth-order valence-corrected chi connectivity index (χ4v) is 5.13. The lowest BCUT2D eigenvalue weighted by molar-refractivity contribution is 0.0957. The zero-order valence-corrected chi connectivity index (χ0v) is 13.2. The van der Waals surface area contributed by atoms with Gasteiger partial charge < -0.3 is 0 Å². The molecule has 5 heteroatoms. The fourth-order valence-electron chi connectivity index (χ4n) is 2.58. The van der Waals surface area contributed by atoms with Gasteiger partial charge in [0.2, 0.25) is 0 Å². The van der Waals surface area contributed by atoms with Gasteiger partial charge in [-0.05, 0) is 37.3 Å². The van der Waals surface area contributed by atoms with Crippen molar-refractivity contribution in [2.75, 3.05) is 0 Å². The number of thiophene rings is 1. The van der Waals surface area contributed by atoms with Crippen LogP contribution in [0.3, 0.4) is 0 Å². The molecule has 1 heterocycles. The minimum Gasteiger partial charge on any atom is -0.289 e. The summed E-state index contributed by atoms with van der Waals surface area (Å²) in [6.45, 7) is 4.43. The second-order valence-corrected chi connectivity index (χ2v) is 7.92. The lowest BCUT2D eigenvalue weighted by atomic mass is 9.91. The maximum Gasteiger partial charge on any atom is 0.275 e. The van der Waals surface area contributed by atoms with Gasteiger partial charge in [0.15, 0.2) is 0 Å². The van der Waals surface area contributed by atoms with Crippen molar-refractivity contribution in [2.45, 2.75) is 50.5 Å². The highest BCUT2D eigenvalue weighted by Crippen LogP contribution is 2.35. The van der Waals surface area contributed by atoms with Crippen LogP contribution in [0.1, 0.15) is 52.7 Å². The molecule has 1 amide bonds. The first kappa shape index (κ1) is 14.9. The van der Waals surface area contributed by atoms with Crippen LogP contribution in [0.5, 0.6) is 0 Å². The van der Waals surface area contributed by atoms with E-state index < -0.39 is 0 Å². The molecule has 0 aliphatic heterocycles. The van der Waals surface area contributed by atoms with E-state index in [0.29, 0.717) is 4.88 Å². The van der Waals surface area contributed by atoms with E-state index in [9.17, 15) is 4.79 Å². The van der Waals surface area contributed by atoms with Gasteiger partial charge in [-0.15, -0.1) is 11.3 Å². The van der Waals surface area contributed by atoms with Crippen LogP contribution in [0, 0.1) is 12.8 Å². The monoisotopic (exact) mass is 298 g/mol. The first-order valence-electron chi connectivity index (χ1n) is 6.82. The Kier molecular flexibility index (Phi) is 5.30. The molecule has 1 aliphatic rings. The van der Waals surface area contributed by atoms with E-state index in [1.54, 1.807) is 0 Å². The molecule has 0 radical (unpaired) electrons. The molecule has 3 N–H and O–H groups in total. The average Bonchev–Trinajstić information content (AvgIpc) is 2.77. The summed E-state index contributed by atoms with van der Waals surface area (Å²) >= 11 is 3.57. The number of nitrogen functional groups attached to an aromatic ring is 1. The number of hydrogen-bond donors (Lipinski definition) is 2. The summed E-state index contributed by atoms with van der Waals surface area (Å²) in [6.07, 6.45) is 5.43. The molecule has 1 fully saturated rings. The Bertz CT molecular complexity index is 445. The summed E-state index contributed by atoms with van der Waals surface area (Å²) in [7, 11) is 0. The predicted molar refractivity (Wildman–Crippen MR) is 83.4 cm³/mol. The van der Waals surface area contributed by atoms with Gasteiger partial charge in [0.05, 0.1) is 4.88 Å². The third-order valence-corrected chi connectivity index (χ3v) is 6.21. The molecule has 1 aromatic rings. The van der Waals surface area contributed by atoms with Gasteiger partial charge in [0.25, 0.3) is 5.91 Å². The van der Waals surface area contributed by atoms with Gasteiger partial charge in [0.1, 0.15) is 0 Å². The number of thioether (sulfide) groups is 1. The molecular weight excluding hydrogens is 276 g/mol. The zero-order valence-electron chi connectivity index (χ0n) is 11.6. The minimum atomic E-state index is -0.185. The van der Waals surface area contributed by atoms with Crippen molar-refractivity contribution in [2.24, 2.45) is 11.8 Å². The summed E-state index contributed by atoms with van der Waals surface area (Å²) in [5, 5.41) is 0.787. The van der Waals surface area contributed by atoms with Crippen LogP contribution in [0.2, 0.25) is 0 Å². The molecular formula is C14H22N2OS2. The number of rotatable bonds is 4. The lowest BCUT2D eigenvalue weighted by Gasteiger charge is -2.26. The molecule has 19 heavy (non-hydrogen) atoms. The highest BCUT2D eigenvalue weighted by molar-refractivity contribution is 7.99. The minimum absolute atomic E-state index is 0.185. The van der Waals surface area contributed by atoms with Crippen molar-refractivity contribution >= 4 is 29.0 Å². The van der Waals surface area contributed by atoms with E-state index in [1.807, 2.05) is 17.8 Å². The maximum absolute atomic E-state index is 11.5. The van der Waals surface area contributed by atoms with Gasteiger partial charge in [-0.2, -0.15) is 11.8 Å². The number of nitrogens with two attached hydrogens (primary N) is 1. The summed E-state index contributed by atoms with van der Waals surface area (Å²) in [6, 6.07) is 1.99. The summed E-state index contributed by atoms with van der Waals surface area (Å²) in [5.41, 5.74) is 3.48. The Morgan fingerprint density at radius 1 is 1.58 bits per heavy atom. The summed E-state index contributed by atoms with van der Waals surface area (Å²) in [5.74, 6) is 6.87. The maximum atomic E-state index is 11.5. The highest BCUT2D eigenvalue weighted by Gasteiger charge is 2.20. The number of nitrogens with one attached hydrogen (secondary N) is 1. The molecule has 106 valence electrons. The number of carbonyl (C=O) groups excluding carboxylic acids is 1. The first-order valence-corrected chi connectivity index (χ1v) is 8.68. The van der Waals surface area contributed by atoms with Crippen molar-refractivity contribution in [1.82, 2.24) is 5.43 Å². The topological polar surface area (TPSA) is 55.1 Å². The van der Waals surface area contributed by atoms with Crippen LogP contribution in [0.25, 0.3) is 0 Å². The first-order chi connectivity index (χ1) is 9.10. The number of aryl methyl sites for hydroxylation is 1. The largest absolute Gasteiger partial charge is 0.289 e. The van der Waals surface area contributed by atoms with Gasteiger partial charge in [-0.1, -0.05) is 19.8 Å². The summed E-state index contributed by atoms with van der Waals surface area (Å²) in [4.78, 5) is 13.4. The lowest BCUT2D eigenvalue weighted by Crippen LogP contribution is -2.29. The zero-order chi connectivity index (χ0) is 13.8. The van der Waals surface area contributed by atoms with Crippen molar-refractivity contribution in [3.8, 4) is 0 Å². The van der Waals surface area contributed by atoms with E-state index in [0.717, 1.165) is 16.9 Å². The quantitative estimate of drug-likeness (QED) is 0.508. The van der Waals surface area contributed by atoms with E-state index in [-0.39, 0.29) is 5.91 Å². The SMILES string of the molecule is Cc1sc(C(=O)NN)cc1CSC1CCCC(C)C1. The molecule has 2 rings (SSSR count). The van der Waals surface area contributed by atoms with Gasteiger partial charge in [-0.25, -0.2) is 5.84 Å². The third kappa shape index (κ3) is 3.97. The molecule has 0 saturated heterocycles. The summed E-state index contributed by atoms with van der Waals surface area (Å²) < 4.78 is 0. The van der Waals surface area contributed by atoms with E-state index in [4.69, 9.17) is 5.84 Å². The van der Waals surface area contributed by atoms with Crippen molar-refractivity contribution in [3.05, 3.63) is 21.4 Å². The van der Waals surface area contributed by atoms with Crippen LogP contribution in [-0.2, 0) is 5.75 Å². The van der Waals surface area contributed by atoms with Crippen LogP contribution < -0.4 is 11.3 Å².